The van der Waals surface area contributed by atoms with E-state index >= 15 is 0 Å². The second-order valence-electron chi connectivity index (χ2n) is 8.07. The van der Waals surface area contributed by atoms with Gasteiger partial charge in [-0.3, -0.25) is 4.79 Å². The maximum Gasteiger partial charge on any atom is 0.433 e. The van der Waals surface area contributed by atoms with Gasteiger partial charge in [0.1, 0.15) is 11.6 Å². The van der Waals surface area contributed by atoms with Crippen LogP contribution in [0.25, 0.3) is 16.9 Å². The molecular weight excluding hydrogens is 475 g/mol. The smallest absolute Gasteiger partial charge is 0.330 e. The molecule has 1 amide bonds. The Kier molecular flexibility index (Phi) is 5.01. The predicted octanol–water partition coefficient (Wildman–Crippen LogP) is 2.68. The van der Waals surface area contributed by atoms with Crippen LogP contribution in [0.3, 0.4) is 0 Å². The zero-order valence-corrected chi connectivity index (χ0v) is 18.1. The lowest BCUT2D eigenvalue weighted by molar-refractivity contribution is -0.916. The lowest BCUT2D eigenvalue weighted by atomic mass is 10.1. The number of alkyl halides is 3. The van der Waals surface area contributed by atoms with Crippen LogP contribution in [-0.4, -0.2) is 57.6 Å². The van der Waals surface area contributed by atoms with Crippen LogP contribution in [0.2, 0.25) is 0 Å². The monoisotopic (exact) mass is 494 g/mol. The van der Waals surface area contributed by atoms with Crippen molar-refractivity contribution < 1.29 is 22.9 Å². The van der Waals surface area contributed by atoms with Crippen LogP contribution >= 0.6 is 15.9 Å². The molecule has 10 heteroatoms. The first-order valence-electron chi connectivity index (χ1n) is 10.2. The van der Waals surface area contributed by atoms with Crippen LogP contribution in [0.1, 0.15) is 28.9 Å². The number of aromatic nitrogens is 3. The fraction of sp³-hybridized carbons (Fsp3) is 0.381. The molecule has 0 bridgehead atoms. The van der Waals surface area contributed by atoms with E-state index in [0.717, 1.165) is 41.0 Å². The van der Waals surface area contributed by atoms with E-state index in [1.165, 1.54) is 11.1 Å². The summed E-state index contributed by atoms with van der Waals surface area (Å²) in [6.45, 7) is 3.18. The summed E-state index contributed by atoms with van der Waals surface area (Å²) in [5.41, 5.74) is -0.254. The molecule has 0 aliphatic carbocycles. The number of nitrogens with zero attached hydrogens (tertiary/aromatic N) is 4. The van der Waals surface area contributed by atoms with Crippen molar-refractivity contribution >= 4 is 27.5 Å². The third kappa shape index (κ3) is 3.71. The molecule has 6 nitrogen and oxygen atoms in total. The Balaban J connectivity index is 1.58. The molecule has 1 N–H and O–H groups in total. The van der Waals surface area contributed by atoms with Gasteiger partial charge < -0.3 is 9.80 Å². The zero-order chi connectivity index (χ0) is 21.8. The molecule has 4 heterocycles. The van der Waals surface area contributed by atoms with Gasteiger partial charge in [-0.15, -0.1) is 0 Å². The third-order valence-corrected chi connectivity index (χ3v) is 6.72. The normalized spacial score (nSPS) is 21.5. The second kappa shape index (κ2) is 7.59. The number of nitrogens with one attached hydrogen (secondary N) is 1. The van der Waals surface area contributed by atoms with Crippen LogP contribution < -0.4 is 4.90 Å². The Morgan fingerprint density at radius 1 is 1.19 bits per heavy atom. The number of carbonyl (C=O) groups excluding carboxylic acids is 1. The molecule has 2 aromatic heterocycles. The molecule has 2 atom stereocenters. The molecular formula is C21H20BrF3N5O+. The number of carbonyl (C=O) groups is 1. The number of fused-ring (bicyclic) bond motifs is 2. The summed E-state index contributed by atoms with van der Waals surface area (Å²) in [6.07, 6.45) is -1.22. The Morgan fingerprint density at radius 3 is 2.71 bits per heavy atom. The minimum absolute atomic E-state index is 0.0704. The molecule has 5 rings (SSSR count). The van der Waals surface area contributed by atoms with Gasteiger partial charge in [-0.2, -0.15) is 18.3 Å². The van der Waals surface area contributed by atoms with Crippen molar-refractivity contribution in [3.8, 4) is 11.3 Å². The van der Waals surface area contributed by atoms with Crippen molar-refractivity contribution in [3.63, 3.8) is 0 Å². The number of hydrogen-bond donors (Lipinski definition) is 1. The van der Waals surface area contributed by atoms with E-state index in [1.54, 1.807) is 29.2 Å². The average Bonchev–Trinajstić information content (AvgIpc) is 3.38. The number of hydrogen-bond acceptors (Lipinski definition) is 3. The standard InChI is InChI=1S/C21H19BrF3N5O/c22-14-5-3-13(4-6-14)17-10-18(21(23,24)25)30-19(27-17)16(11-26-30)20(31)29-9-8-28-7-1-2-15(28)12-29/h3-6,10-11,15H,1-2,7-9,12H2/p+1/t15-/m1/s1. The average molecular weight is 495 g/mol. The minimum atomic E-state index is -4.64. The number of halogens is 4. The van der Waals surface area contributed by atoms with E-state index in [4.69, 9.17) is 0 Å². The molecule has 1 unspecified atom stereocenters. The Bertz CT molecular complexity index is 1140. The first-order chi connectivity index (χ1) is 14.8. The molecule has 31 heavy (non-hydrogen) atoms. The highest BCUT2D eigenvalue weighted by molar-refractivity contribution is 9.10. The van der Waals surface area contributed by atoms with Crippen LogP contribution in [0, 0.1) is 0 Å². The highest BCUT2D eigenvalue weighted by Gasteiger charge is 2.39. The van der Waals surface area contributed by atoms with E-state index in [2.05, 4.69) is 26.0 Å². The third-order valence-electron chi connectivity index (χ3n) is 6.19. The van der Waals surface area contributed by atoms with Gasteiger partial charge in [0.25, 0.3) is 5.91 Å². The number of piperazine rings is 1. The molecule has 2 saturated heterocycles. The topological polar surface area (TPSA) is 54.9 Å². The van der Waals surface area contributed by atoms with E-state index < -0.39 is 11.9 Å². The lowest BCUT2D eigenvalue weighted by Crippen LogP contribution is -3.16. The van der Waals surface area contributed by atoms with Gasteiger partial charge in [-0.25, -0.2) is 9.50 Å². The van der Waals surface area contributed by atoms with Gasteiger partial charge in [-0.1, -0.05) is 28.1 Å². The molecule has 2 aliphatic heterocycles. The van der Waals surface area contributed by atoms with Gasteiger partial charge >= 0.3 is 6.18 Å². The number of rotatable bonds is 2. The summed E-state index contributed by atoms with van der Waals surface area (Å²) < 4.78 is 42.9. The van der Waals surface area contributed by atoms with E-state index in [1.807, 2.05) is 0 Å². The summed E-state index contributed by atoms with van der Waals surface area (Å²) in [6, 6.07) is 8.21. The second-order valence-corrected chi connectivity index (χ2v) is 8.99. The molecule has 3 aromatic rings. The van der Waals surface area contributed by atoms with Crippen molar-refractivity contribution in [2.75, 3.05) is 26.2 Å². The predicted molar refractivity (Wildman–Crippen MR) is 111 cm³/mol. The molecule has 2 fully saturated rings. The molecule has 2 aliphatic rings. The number of benzene rings is 1. The fourth-order valence-corrected chi connectivity index (χ4v) is 4.87. The molecule has 1 aromatic carbocycles. The van der Waals surface area contributed by atoms with Gasteiger partial charge in [0, 0.05) is 22.9 Å². The quantitative estimate of drug-likeness (QED) is 0.595. The van der Waals surface area contributed by atoms with Crippen LogP contribution in [0.5, 0.6) is 0 Å². The summed E-state index contributed by atoms with van der Waals surface area (Å²) in [5, 5.41) is 3.89. The van der Waals surface area contributed by atoms with Gasteiger partial charge in [-0.05, 0) is 18.2 Å². The highest BCUT2D eigenvalue weighted by atomic mass is 79.9. The van der Waals surface area contributed by atoms with E-state index in [-0.39, 0.29) is 22.8 Å². The van der Waals surface area contributed by atoms with Crippen molar-refractivity contribution in [2.24, 2.45) is 0 Å². The first kappa shape index (κ1) is 20.4. The first-order valence-corrected chi connectivity index (χ1v) is 11.0. The largest absolute Gasteiger partial charge is 0.433 e. The Hall–Kier alpha value is -2.46. The molecule has 0 saturated carbocycles. The Labute approximate surface area is 184 Å². The van der Waals surface area contributed by atoms with Crippen LogP contribution in [0.15, 0.2) is 41.0 Å². The highest BCUT2D eigenvalue weighted by Crippen LogP contribution is 2.33. The van der Waals surface area contributed by atoms with Crippen LogP contribution in [-0.2, 0) is 6.18 Å². The van der Waals surface area contributed by atoms with Crippen LogP contribution in [0.4, 0.5) is 13.2 Å². The van der Waals surface area contributed by atoms with Gasteiger partial charge in [0.15, 0.2) is 11.3 Å². The van der Waals surface area contributed by atoms with Crippen molar-refractivity contribution in [2.45, 2.75) is 25.1 Å². The maximum atomic E-state index is 13.8. The maximum absolute atomic E-state index is 13.8. The van der Waals surface area contributed by atoms with E-state index in [9.17, 15) is 18.0 Å². The SMILES string of the molecule is O=C(c1cnn2c(C(F)(F)F)cc(-c3ccc(Br)cc3)nc12)N1CC[NH+]2CCC[C@@H]2C1. The van der Waals surface area contributed by atoms with Crippen molar-refractivity contribution in [3.05, 3.63) is 52.3 Å². The Morgan fingerprint density at radius 2 is 1.97 bits per heavy atom. The summed E-state index contributed by atoms with van der Waals surface area (Å²) in [7, 11) is 0. The molecule has 162 valence electrons. The zero-order valence-electron chi connectivity index (χ0n) is 16.5. The van der Waals surface area contributed by atoms with Crippen molar-refractivity contribution in [1.82, 2.24) is 19.5 Å². The van der Waals surface area contributed by atoms with Gasteiger partial charge in [0.2, 0.25) is 0 Å². The number of quaternary nitrogens is 1. The fourth-order valence-electron chi connectivity index (χ4n) is 4.61. The summed E-state index contributed by atoms with van der Waals surface area (Å²) in [5.74, 6) is -0.311. The minimum Gasteiger partial charge on any atom is -0.330 e. The lowest BCUT2D eigenvalue weighted by Gasteiger charge is -2.34. The molecule has 0 spiro atoms. The summed E-state index contributed by atoms with van der Waals surface area (Å²) >= 11 is 3.33. The summed E-state index contributed by atoms with van der Waals surface area (Å²) in [4.78, 5) is 20.9. The van der Waals surface area contributed by atoms with E-state index in [0.29, 0.717) is 24.7 Å². The molecule has 0 radical (unpaired) electrons. The number of amides is 1. The van der Waals surface area contributed by atoms with Crippen molar-refractivity contribution in [1.29, 1.82) is 0 Å². The van der Waals surface area contributed by atoms with Gasteiger partial charge in [0.05, 0.1) is 38.1 Å².